The second-order valence-corrected chi connectivity index (χ2v) is 11.0. The van der Waals surface area contributed by atoms with Gasteiger partial charge in [0, 0.05) is 27.5 Å². The standard InChI is InChI=1S/C27H22Cl2N4.C7H6O4/c1-17(2)30-24-16-27-25(15-23(24)31-20-11-7-18(28)8-12-20)32-22-5-3-4-6-26(22)33(27)21-13-9-19(29)10-14-21;8-4-1-2-6(9)5(3-4)7(10)11/h3-17,31H,1-2H3;1-3,8-9H,(H,10,11). The van der Waals surface area contributed by atoms with Gasteiger partial charge in [0.2, 0.25) is 0 Å². The summed E-state index contributed by atoms with van der Waals surface area (Å²) < 4.78 is 2.21. The highest BCUT2D eigenvalue weighted by Crippen LogP contribution is 2.31. The molecule has 6 rings (SSSR count). The molecule has 0 unspecified atom stereocenters. The van der Waals surface area contributed by atoms with Crippen molar-refractivity contribution in [1.29, 1.82) is 0 Å². The minimum absolute atomic E-state index is 0.130. The molecule has 8 nitrogen and oxygen atoms in total. The molecule has 0 saturated heterocycles. The van der Waals surface area contributed by atoms with Crippen LogP contribution in [0.5, 0.6) is 11.5 Å². The molecule has 1 aliphatic heterocycles. The van der Waals surface area contributed by atoms with Crippen molar-refractivity contribution in [3.63, 3.8) is 0 Å². The molecule has 0 aromatic heterocycles. The molecule has 4 aromatic rings. The lowest BCUT2D eigenvalue weighted by molar-refractivity contribution is 0.0693. The summed E-state index contributed by atoms with van der Waals surface area (Å²) in [5.41, 5.74) is 6.29. The van der Waals surface area contributed by atoms with E-state index in [1.165, 1.54) is 6.07 Å². The summed E-state index contributed by atoms with van der Waals surface area (Å²) in [4.78, 5) is 20.2. The SMILES string of the molecule is CC(C)N=c1cc2n(-c3ccc(Cl)cc3)c3ccccc3nc-2cc1Nc1ccc(Cl)cc1.O=C(O)c1cc(O)ccc1O. The van der Waals surface area contributed by atoms with Crippen molar-refractivity contribution in [2.75, 3.05) is 5.32 Å². The molecular weight excluding hydrogens is 599 g/mol. The normalized spacial score (nSPS) is 11.4. The number of carbonyl (C=O) groups is 1. The van der Waals surface area contributed by atoms with Gasteiger partial charge >= 0.3 is 5.97 Å². The first-order valence-corrected chi connectivity index (χ1v) is 14.4. The van der Waals surface area contributed by atoms with Crippen molar-refractivity contribution in [3.8, 4) is 28.6 Å². The van der Waals surface area contributed by atoms with Crippen molar-refractivity contribution >= 4 is 51.6 Å². The minimum Gasteiger partial charge on any atom is -0.508 e. The molecule has 4 aromatic carbocycles. The quantitative estimate of drug-likeness (QED) is 0.113. The molecule has 0 atom stereocenters. The third-order valence-corrected chi connectivity index (χ3v) is 7.02. The second kappa shape index (κ2) is 13.1. The molecular formula is C34H28Cl2N4O4. The van der Waals surface area contributed by atoms with E-state index in [9.17, 15) is 4.79 Å². The largest absolute Gasteiger partial charge is 0.508 e. The number of hydrogen-bond acceptors (Lipinski definition) is 6. The van der Waals surface area contributed by atoms with Crippen molar-refractivity contribution in [1.82, 2.24) is 9.55 Å². The van der Waals surface area contributed by atoms with Crippen LogP contribution in [-0.2, 0) is 0 Å². The molecule has 222 valence electrons. The van der Waals surface area contributed by atoms with Gasteiger partial charge in [0.05, 0.1) is 33.5 Å². The number of carboxylic acids is 1. The molecule has 4 N–H and O–H groups in total. The maximum Gasteiger partial charge on any atom is 0.339 e. The van der Waals surface area contributed by atoms with E-state index in [1.54, 1.807) is 0 Å². The van der Waals surface area contributed by atoms with Gasteiger partial charge in [-0.25, -0.2) is 9.78 Å². The fourth-order valence-corrected chi connectivity index (χ4v) is 4.83. The number of aromatic nitrogens is 2. The second-order valence-electron chi connectivity index (χ2n) is 10.1. The zero-order valence-corrected chi connectivity index (χ0v) is 25.3. The number of fused-ring (bicyclic) bond motifs is 2. The van der Waals surface area contributed by atoms with Gasteiger partial charge in [0.1, 0.15) is 17.1 Å². The number of nitrogens with zero attached hydrogens (tertiary/aromatic N) is 3. The van der Waals surface area contributed by atoms with Crippen LogP contribution >= 0.6 is 23.2 Å². The van der Waals surface area contributed by atoms with E-state index in [0.717, 1.165) is 57.0 Å². The van der Waals surface area contributed by atoms with E-state index in [2.05, 4.69) is 41.9 Å². The molecule has 10 heteroatoms. The van der Waals surface area contributed by atoms with Gasteiger partial charge in [-0.3, -0.25) is 4.99 Å². The van der Waals surface area contributed by atoms with Gasteiger partial charge in [-0.15, -0.1) is 0 Å². The highest BCUT2D eigenvalue weighted by Gasteiger charge is 2.17. The zero-order chi connectivity index (χ0) is 31.4. The van der Waals surface area contributed by atoms with Crippen LogP contribution < -0.4 is 10.7 Å². The van der Waals surface area contributed by atoms with E-state index in [0.29, 0.717) is 10.0 Å². The van der Waals surface area contributed by atoms with Crippen LogP contribution in [0.4, 0.5) is 11.4 Å². The van der Waals surface area contributed by atoms with Gasteiger partial charge in [-0.05, 0) is 105 Å². The average molecular weight is 628 g/mol. The fraction of sp³-hybridized carbons (Fsp3) is 0.0882. The number of nitrogens with one attached hydrogen (secondary N) is 1. The van der Waals surface area contributed by atoms with Crippen LogP contribution in [0.1, 0.15) is 24.2 Å². The van der Waals surface area contributed by atoms with Gasteiger partial charge in [-0.2, -0.15) is 0 Å². The maximum absolute atomic E-state index is 10.3. The summed E-state index contributed by atoms with van der Waals surface area (Å²) in [5.74, 6) is -1.80. The third-order valence-electron chi connectivity index (χ3n) is 6.51. The number of halogens is 2. The fourth-order valence-electron chi connectivity index (χ4n) is 4.58. The van der Waals surface area contributed by atoms with Crippen molar-refractivity contribution in [2.24, 2.45) is 4.99 Å². The monoisotopic (exact) mass is 626 g/mol. The summed E-state index contributed by atoms with van der Waals surface area (Å²) in [6.45, 7) is 4.14. The summed E-state index contributed by atoms with van der Waals surface area (Å²) >= 11 is 12.2. The molecule has 1 heterocycles. The number of carboxylic acid groups (broad SMARTS) is 1. The van der Waals surface area contributed by atoms with Crippen molar-refractivity contribution in [3.05, 3.63) is 124 Å². The topological polar surface area (TPSA) is 120 Å². The van der Waals surface area contributed by atoms with E-state index in [1.807, 2.05) is 66.7 Å². The Labute approximate surface area is 263 Å². The predicted molar refractivity (Wildman–Crippen MR) is 175 cm³/mol. The highest BCUT2D eigenvalue weighted by molar-refractivity contribution is 6.30. The Bertz CT molecular complexity index is 1990. The van der Waals surface area contributed by atoms with E-state index < -0.39 is 5.97 Å². The molecule has 44 heavy (non-hydrogen) atoms. The number of anilines is 2. The van der Waals surface area contributed by atoms with Crippen molar-refractivity contribution < 1.29 is 20.1 Å². The lowest BCUT2D eigenvalue weighted by Crippen LogP contribution is -2.16. The number of aromatic carboxylic acids is 1. The number of aromatic hydroxyl groups is 2. The minimum atomic E-state index is -1.27. The first-order chi connectivity index (χ1) is 21.1. The van der Waals surface area contributed by atoms with Crippen LogP contribution in [-0.4, -0.2) is 36.9 Å². The number of para-hydroxylation sites is 2. The van der Waals surface area contributed by atoms with Gasteiger partial charge in [0.15, 0.2) is 0 Å². The van der Waals surface area contributed by atoms with Crippen LogP contribution in [0, 0.1) is 0 Å². The maximum atomic E-state index is 10.3. The average Bonchev–Trinajstić information content (AvgIpc) is 2.99. The van der Waals surface area contributed by atoms with Gasteiger partial charge < -0.3 is 25.2 Å². The van der Waals surface area contributed by atoms with Crippen LogP contribution in [0.25, 0.3) is 28.1 Å². The Balaban J connectivity index is 0.000000296. The Morgan fingerprint density at radius 3 is 2.16 bits per heavy atom. The summed E-state index contributed by atoms with van der Waals surface area (Å²) in [6, 6.07) is 31.2. The van der Waals surface area contributed by atoms with Crippen LogP contribution in [0.3, 0.4) is 0 Å². The Morgan fingerprint density at radius 1 is 0.864 bits per heavy atom. The van der Waals surface area contributed by atoms with Gasteiger partial charge in [-0.1, -0.05) is 35.3 Å². The smallest absolute Gasteiger partial charge is 0.339 e. The summed E-state index contributed by atoms with van der Waals surface area (Å²) in [5, 5.41) is 31.9. The number of hydrogen-bond donors (Lipinski definition) is 4. The molecule has 0 amide bonds. The predicted octanol–water partition coefficient (Wildman–Crippen LogP) is 8.29. The summed E-state index contributed by atoms with van der Waals surface area (Å²) in [7, 11) is 0. The van der Waals surface area contributed by atoms with E-state index >= 15 is 0 Å². The molecule has 0 radical (unpaired) electrons. The van der Waals surface area contributed by atoms with Crippen molar-refractivity contribution in [2.45, 2.75) is 19.9 Å². The Hall–Kier alpha value is -5.05. The molecule has 0 saturated carbocycles. The van der Waals surface area contributed by atoms with Crippen LogP contribution in [0.2, 0.25) is 10.0 Å². The first kappa shape index (κ1) is 30.4. The van der Waals surface area contributed by atoms with E-state index in [4.69, 9.17) is 48.5 Å². The number of phenolic OH excluding ortho intramolecular Hbond substituents is 1. The lowest BCUT2D eigenvalue weighted by atomic mass is 10.1. The highest BCUT2D eigenvalue weighted by atomic mass is 35.5. The molecule has 2 aliphatic rings. The molecule has 0 bridgehead atoms. The molecule has 0 fully saturated rings. The Morgan fingerprint density at radius 2 is 1.52 bits per heavy atom. The first-order valence-electron chi connectivity index (χ1n) is 13.6. The lowest BCUT2D eigenvalue weighted by Gasteiger charge is -2.20. The molecule has 0 spiro atoms. The van der Waals surface area contributed by atoms with Gasteiger partial charge in [0.25, 0.3) is 0 Å². The number of rotatable bonds is 5. The number of benzene rings is 5. The molecule has 1 aliphatic carbocycles. The third kappa shape index (κ3) is 6.94. The number of phenols is 2. The zero-order valence-electron chi connectivity index (χ0n) is 23.7. The summed E-state index contributed by atoms with van der Waals surface area (Å²) in [6.07, 6.45) is 0. The van der Waals surface area contributed by atoms with Crippen LogP contribution in [0.15, 0.2) is 108 Å². The van der Waals surface area contributed by atoms with E-state index in [-0.39, 0.29) is 23.1 Å². The Kier molecular flexibility index (Phi) is 9.04.